The van der Waals surface area contributed by atoms with Gasteiger partial charge in [-0.3, -0.25) is 9.59 Å². The van der Waals surface area contributed by atoms with E-state index in [0.29, 0.717) is 111 Å². The summed E-state index contributed by atoms with van der Waals surface area (Å²) < 4.78 is 86.0. The number of alkyl halides is 3. The van der Waals surface area contributed by atoms with Crippen molar-refractivity contribution in [2.24, 2.45) is 16.9 Å². The molecule has 0 radical (unpaired) electrons. The maximum atomic E-state index is 14.1. The number of hydrogen-bond acceptors (Lipinski definition) is 18. The molecule has 2 saturated carbocycles. The zero-order valence-corrected chi connectivity index (χ0v) is 48.3. The van der Waals surface area contributed by atoms with E-state index in [1.165, 1.54) is 40.8 Å². The number of aromatic nitrogens is 1. The third-order valence-corrected chi connectivity index (χ3v) is 15.3. The molecule has 0 amide bonds. The highest BCUT2D eigenvalue weighted by molar-refractivity contribution is 7.22. The Balaban J connectivity index is 0.920. The van der Waals surface area contributed by atoms with Gasteiger partial charge in [0.15, 0.2) is 0 Å². The van der Waals surface area contributed by atoms with Crippen LogP contribution in [-0.2, 0) is 38.1 Å². The zero-order chi connectivity index (χ0) is 60.4. The van der Waals surface area contributed by atoms with Crippen molar-refractivity contribution in [2.75, 3.05) is 38.0 Å². The molecular weight excluding hydrogens is 1120 g/mol. The Morgan fingerprint density at radius 3 is 1.62 bits per heavy atom. The molecule has 85 heavy (non-hydrogen) atoms. The molecule has 0 atom stereocenters. The first-order chi connectivity index (χ1) is 41.1. The fourth-order valence-electron chi connectivity index (χ4n) is 9.55. The lowest BCUT2D eigenvalue weighted by atomic mass is 9.87. The van der Waals surface area contributed by atoms with E-state index in [4.69, 9.17) is 37.9 Å². The van der Waals surface area contributed by atoms with Crippen LogP contribution in [0.3, 0.4) is 0 Å². The highest BCUT2D eigenvalue weighted by Gasteiger charge is 2.33. The summed E-state index contributed by atoms with van der Waals surface area (Å²) in [6.45, 7) is 8.29. The highest BCUT2D eigenvalue weighted by atomic mass is 32.1. The SMILES string of the molecule is C=CC(=O)OCCCCCCOc1ccc(OC(=O)C2CCC(OC(=O)c3ccc(OC(=O)C4CCC(OC(=O)c5ccc(OCCCCCCOC(=O)C=C)cc5)CC4)cc3/C=N/N(CCCC(F)(F)F)c3nc4ccccc4s3)CC2)cc1. The summed E-state index contributed by atoms with van der Waals surface area (Å²) in [6.07, 6.45) is 6.69. The molecule has 17 nitrogen and oxygen atoms in total. The summed E-state index contributed by atoms with van der Waals surface area (Å²) in [4.78, 5) is 81.1. The molecule has 2 aliphatic rings. The van der Waals surface area contributed by atoms with Crippen LogP contribution in [0.15, 0.2) is 121 Å². The number of thiazole rings is 1. The number of rotatable bonds is 32. The first-order valence-corrected chi connectivity index (χ1v) is 29.7. The molecule has 7 rings (SSSR count). The summed E-state index contributed by atoms with van der Waals surface area (Å²) in [6, 6.07) is 25.1. The van der Waals surface area contributed by atoms with E-state index in [1.54, 1.807) is 60.7 Å². The number of anilines is 1. The van der Waals surface area contributed by atoms with Gasteiger partial charge in [0.25, 0.3) is 0 Å². The average Bonchev–Trinajstić information content (AvgIpc) is 4.20. The van der Waals surface area contributed by atoms with E-state index < -0.39 is 72.5 Å². The summed E-state index contributed by atoms with van der Waals surface area (Å²) >= 11 is 1.24. The molecule has 1 aromatic heterocycles. The molecule has 2 aliphatic carbocycles. The number of ether oxygens (including phenoxy) is 8. The van der Waals surface area contributed by atoms with Gasteiger partial charge in [-0.25, -0.2) is 29.2 Å². The van der Waals surface area contributed by atoms with Gasteiger partial charge in [0, 0.05) is 30.7 Å². The van der Waals surface area contributed by atoms with Crippen molar-refractivity contribution >= 4 is 68.7 Å². The summed E-state index contributed by atoms with van der Waals surface area (Å²) in [5.41, 5.74) is 1.21. The second-order valence-electron chi connectivity index (χ2n) is 20.7. The number of benzene rings is 4. The lowest BCUT2D eigenvalue weighted by molar-refractivity contribution is -0.141. The molecule has 454 valence electrons. The Hall–Kier alpha value is -8.07. The molecular formula is C64H72F3N3O14S. The summed E-state index contributed by atoms with van der Waals surface area (Å²) in [7, 11) is 0. The van der Waals surface area contributed by atoms with E-state index in [9.17, 15) is 41.9 Å². The Morgan fingerprint density at radius 2 is 1.08 bits per heavy atom. The molecule has 2 fully saturated rings. The van der Waals surface area contributed by atoms with E-state index in [0.717, 1.165) is 68.2 Å². The highest BCUT2D eigenvalue weighted by Crippen LogP contribution is 2.34. The van der Waals surface area contributed by atoms with Crippen LogP contribution in [0, 0.1) is 11.8 Å². The Bertz CT molecular complexity index is 3010. The minimum absolute atomic E-state index is 0.0549. The van der Waals surface area contributed by atoms with Crippen molar-refractivity contribution in [1.82, 2.24) is 4.98 Å². The van der Waals surface area contributed by atoms with Crippen molar-refractivity contribution in [3.63, 3.8) is 0 Å². The predicted molar refractivity (Wildman–Crippen MR) is 313 cm³/mol. The number of fused-ring (bicyclic) bond motifs is 1. The van der Waals surface area contributed by atoms with Crippen LogP contribution in [0.1, 0.15) is 142 Å². The lowest BCUT2D eigenvalue weighted by Gasteiger charge is -2.27. The molecule has 5 aromatic rings. The van der Waals surface area contributed by atoms with Crippen LogP contribution in [0.4, 0.5) is 18.3 Å². The van der Waals surface area contributed by atoms with Gasteiger partial charge >= 0.3 is 42.0 Å². The largest absolute Gasteiger partial charge is 0.494 e. The van der Waals surface area contributed by atoms with Crippen molar-refractivity contribution in [1.29, 1.82) is 0 Å². The van der Waals surface area contributed by atoms with Crippen molar-refractivity contribution in [3.05, 3.63) is 133 Å². The molecule has 0 aliphatic heterocycles. The van der Waals surface area contributed by atoms with E-state index in [-0.39, 0.29) is 29.8 Å². The van der Waals surface area contributed by atoms with Gasteiger partial charge in [-0.05, 0) is 188 Å². The van der Waals surface area contributed by atoms with Gasteiger partial charge in [-0.15, -0.1) is 0 Å². The minimum atomic E-state index is -4.40. The van der Waals surface area contributed by atoms with Gasteiger partial charge in [0.05, 0.1) is 65.8 Å². The lowest BCUT2D eigenvalue weighted by Crippen LogP contribution is -2.30. The maximum absolute atomic E-state index is 14.1. The quantitative estimate of drug-likeness (QED) is 0.00747. The van der Waals surface area contributed by atoms with Gasteiger partial charge in [0.2, 0.25) is 5.13 Å². The third kappa shape index (κ3) is 21.8. The van der Waals surface area contributed by atoms with E-state index in [1.807, 2.05) is 12.1 Å². The first kappa shape index (κ1) is 64.5. The van der Waals surface area contributed by atoms with Crippen LogP contribution in [0.5, 0.6) is 23.0 Å². The first-order valence-electron chi connectivity index (χ1n) is 28.9. The normalized spacial score (nSPS) is 16.8. The van der Waals surface area contributed by atoms with Crippen LogP contribution in [0.2, 0.25) is 0 Å². The summed E-state index contributed by atoms with van der Waals surface area (Å²) in [5, 5.41) is 6.26. The second kappa shape index (κ2) is 33.4. The van der Waals surface area contributed by atoms with Crippen LogP contribution < -0.4 is 24.0 Å². The second-order valence-corrected chi connectivity index (χ2v) is 21.7. The van der Waals surface area contributed by atoms with Crippen LogP contribution >= 0.6 is 11.3 Å². The number of carbonyl (C=O) groups excluding carboxylic acids is 6. The smallest absolute Gasteiger partial charge is 0.389 e. The third-order valence-electron chi connectivity index (χ3n) is 14.3. The molecule has 0 N–H and O–H groups in total. The standard InChI is InChI=1S/C64H72F3N3O14S/c1-3-57(71)79-40-13-7-5-11-38-77-48-24-18-44(19-25-48)59(73)81-50-26-20-46(21-27-50)61(75)84-53-34-35-54(47(42-53)43-68-70(37-15-36-64(65,66)67)63-69-55-16-9-10-17-56(55)85-63)62(76)83-51-28-22-45(23-29-51)60(74)82-52-32-30-49(31-33-52)78-39-12-6-8-14-41-80-58(72)4-2/h3-4,9-10,16-19,24-25,30-35,42-43,45-46,50-51H,1-2,5-8,11-15,20-23,26-29,36-41H2/b68-43+. The van der Waals surface area contributed by atoms with Gasteiger partial charge in [0.1, 0.15) is 35.2 Å². The Labute approximate surface area is 496 Å². The molecule has 0 saturated heterocycles. The van der Waals surface area contributed by atoms with Crippen molar-refractivity contribution in [3.8, 4) is 23.0 Å². The van der Waals surface area contributed by atoms with Crippen LogP contribution in [-0.4, -0.2) is 98.4 Å². The molecule has 1 heterocycles. The number of hydrazone groups is 1. The number of unbranched alkanes of at least 4 members (excludes halogenated alkanes) is 6. The van der Waals surface area contributed by atoms with Crippen molar-refractivity contribution in [2.45, 2.75) is 134 Å². The number of para-hydroxylation sites is 1. The number of carbonyl (C=O) groups is 6. The number of hydrogen-bond donors (Lipinski definition) is 0. The monoisotopic (exact) mass is 1200 g/mol. The molecule has 0 unspecified atom stereocenters. The molecule has 21 heteroatoms. The summed E-state index contributed by atoms with van der Waals surface area (Å²) in [5.74, 6) is -2.28. The molecule has 0 spiro atoms. The fourth-order valence-corrected chi connectivity index (χ4v) is 10.5. The van der Waals surface area contributed by atoms with Crippen molar-refractivity contribution < 1.29 is 79.8 Å². The predicted octanol–water partition coefficient (Wildman–Crippen LogP) is 13.5. The number of esters is 6. The fraction of sp³-hybridized carbons (Fsp3) is 0.438. The van der Waals surface area contributed by atoms with Gasteiger partial charge < -0.3 is 37.9 Å². The van der Waals surface area contributed by atoms with Gasteiger partial charge in [-0.1, -0.05) is 36.6 Å². The van der Waals surface area contributed by atoms with Gasteiger partial charge in [-0.2, -0.15) is 18.3 Å². The average molecular weight is 1200 g/mol. The molecule has 0 bridgehead atoms. The Kier molecular flexibility index (Phi) is 25.4. The zero-order valence-electron chi connectivity index (χ0n) is 47.5. The topological polar surface area (TPSA) is 205 Å². The van der Waals surface area contributed by atoms with Crippen LogP contribution in [0.25, 0.3) is 10.2 Å². The van der Waals surface area contributed by atoms with E-state index in [2.05, 4.69) is 23.2 Å². The number of halogens is 3. The maximum Gasteiger partial charge on any atom is 0.389 e. The Morgan fingerprint density at radius 1 is 0.588 bits per heavy atom. The number of nitrogens with zero attached hydrogens (tertiary/aromatic N) is 3. The minimum Gasteiger partial charge on any atom is -0.494 e. The van der Waals surface area contributed by atoms with E-state index >= 15 is 0 Å². The molecule has 4 aromatic carbocycles.